The highest BCUT2D eigenvalue weighted by Gasteiger charge is 2.17. The predicted octanol–water partition coefficient (Wildman–Crippen LogP) is 2.74. The maximum absolute atomic E-state index is 11.3. The van der Waals surface area contributed by atoms with Gasteiger partial charge in [0.05, 0.1) is 12.4 Å². The van der Waals surface area contributed by atoms with E-state index in [2.05, 4.69) is 15.9 Å². The largest absolute Gasteiger partial charge is 0.465 e. The van der Waals surface area contributed by atoms with Crippen LogP contribution < -0.4 is 5.01 Å². The highest BCUT2D eigenvalue weighted by atomic mass is 32.2. The SMILES string of the molecule is CCOC(=O)CSC1[N-]N=NN1c1ccccc1. The van der Waals surface area contributed by atoms with Gasteiger partial charge in [0.2, 0.25) is 0 Å². The minimum absolute atomic E-state index is 0.233. The molecule has 0 spiro atoms. The van der Waals surface area contributed by atoms with Crippen LogP contribution in [0.3, 0.4) is 0 Å². The molecule has 0 aliphatic carbocycles. The number of benzene rings is 1. The van der Waals surface area contributed by atoms with Gasteiger partial charge in [-0.2, -0.15) is 0 Å². The fourth-order valence-electron chi connectivity index (χ4n) is 1.41. The van der Waals surface area contributed by atoms with Crippen LogP contribution in [0.1, 0.15) is 6.92 Å². The van der Waals surface area contributed by atoms with Crippen molar-refractivity contribution in [2.24, 2.45) is 10.4 Å². The lowest BCUT2D eigenvalue weighted by Crippen LogP contribution is -2.24. The monoisotopic (exact) mass is 265 g/mol. The van der Waals surface area contributed by atoms with Gasteiger partial charge in [-0.3, -0.25) is 15.2 Å². The van der Waals surface area contributed by atoms with Crippen molar-refractivity contribution in [3.8, 4) is 0 Å². The molecule has 0 saturated carbocycles. The van der Waals surface area contributed by atoms with Crippen LogP contribution in [-0.2, 0) is 9.53 Å². The van der Waals surface area contributed by atoms with Crippen LogP contribution in [0, 0.1) is 0 Å². The van der Waals surface area contributed by atoms with E-state index in [1.807, 2.05) is 30.3 Å². The molecular weight excluding hydrogens is 252 g/mol. The van der Waals surface area contributed by atoms with Gasteiger partial charge in [-0.1, -0.05) is 18.2 Å². The maximum atomic E-state index is 11.3. The number of hydrogen-bond acceptors (Lipinski definition) is 6. The highest BCUT2D eigenvalue weighted by molar-refractivity contribution is 8.00. The standard InChI is InChI=1S/C11H13N4O2S/c1-2-17-10(16)8-18-11-12-13-14-15(11)9-6-4-3-5-7-9/h3-7,11H,2,8H2,1H3/q-1. The van der Waals surface area contributed by atoms with Crippen LogP contribution in [0.5, 0.6) is 0 Å². The van der Waals surface area contributed by atoms with Crippen molar-refractivity contribution in [3.05, 3.63) is 35.8 Å². The molecule has 1 heterocycles. The third-order valence-electron chi connectivity index (χ3n) is 2.17. The van der Waals surface area contributed by atoms with Gasteiger partial charge in [0.25, 0.3) is 0 Å². The van der Waals surface area contributed by atoms with E-state index in [0.29, 0.717) is 6.61 Å². The van der Waals surface area contributed by atoms with Crippen LogP contribution in [-0.4, -0.2) is 23.8 Å². The van der Waals surface area contributed by atoms with Crippen LogP contribution in [0.2, 0.25) is 0 Å². The van der Waals surface area contributed by atoms with Gasteiger partial charge in [0.1, 0.15) is 5.50 Å². The Morgan fingerprint density at radius 3 is 3.00 bits per heavy atom. The van der Waals surface area contributed by atoms with Crippen LogP contribution >= 0.6 is 11.8 Å². The Hall–Kier alpha value is -1.76. The number of esters is 1. The molecule has 0 N–H and O–H groups in total. The Morgan fingerprint density at radius 2 is 2.28 bits per heavy atom. The van der Waals surface area contributed by atoms with Gasteiger partial charge in [-0.15, -0.1) is 11.8 Å². The fraction of sp³-hybridized carbons (Fsp3) is 0.364. The third kappa shape index (κ3) is 3.13. The summed E-state index contributed by atoms with van der Waals surface area (Å²) in [4.78, 5) is 11.3. The van der Waals surface area contributed by atoms with E-state index in [0.717, 1.165) is 5.69 Å². The number of nitrogens with zero attached hydrogens (tertiary/aromatic N) is 4. The van der Waals surface area contributed by atoms with E-state index in [1.165, 1.54) is 11.8 Å². The van der Waals surface area contributed by atoms with Crippen molar-refractivity contribution >= 4 is 23.4 Å². The number of carbonyl (C=O) groups is 1. The van der Waals surface area contributed by atoms with Gasteiger partial charge in [-0.25, -0.2) is 0 Å². The lowest BCUT2D eigenvalue weighted by Gasteiger charge is -2.28. The number of rotatable bonds is 5. The zero-order chi connectivity index (χ0) is 12.8. The van der Waals surface area contributed by atoms with E-state index in [-0.39, 0.29) is 17.2 Å². The van der Waals surface area contributed by atoms with Gasteiger partial charge in [0.15, 0.2) is 0 Å². The lowest BCUT2D eigenvalue weighted by atomic mass is 10.3. The summed E-state index contributed by atoms with van der Waals surface area (Å²) >= 11 is 1.33. The van der Waals surface area contributed by atoms with Crippen molar-refractivity contribution in [2.45, 2.75) is 12.4 Å². The fourth-order valence-corrected chi connectivity index (χ4v) is 2.19. The second-order valence-electron chi connectivity index (χ2n) is 3.42. The molecule has 0 aromatic heterocycles. The number of ether oxygens (including phenoxy) is 1. The van der Waals surface area contributed by atoms with E-state index in [4.69, 9.17) is 4.74 Å². The van der Waals surface area contributed by atoms with Crippen molar-refractivity contribution in [1.29, 1.82) is 0 Å². The molecule has 1 aliphatic rings. The van der Waals surface area contributed by atoms with Crippen LogP contribution in [0.15, 0.2) is 40.8 Å². The molecule has 1 aliphatic heterocycles. The molecule has 96 valence electrons. The minimum Gasteiger partial charge on any atom is -0.465 e. The van der Waals surface area contributed by atoms with Gasteiger partial charge in [0, 0.05) is 5.69 Å². The number of carbonyl (C=O) groups excluding carboxylic acids is 1. The number of hydrogen-bond donors (Lipinski definition) is 0. The van der Waals surface area contributed by atoms with E-state index in [1.54, 1.807) is 11.9 Å². The molecule has 18 heavy (non-hydrogen) atoms. The maximum Gasteiger partial charge on any atom is 0.315 e. The van der Waals surface area contributed by atoms with Crippen molar-refractivity contribution in [1.82, 2.24) is 0 Å². The van der Waals surface area contributed by atoms with E-state index < -0.39 is 0 Å². The van der Waals surface area contributed by atoms with E-state index in [9.17, 15) is 4.79 Å². The summed E-state index contributed by atoms with van der Waals surface area (Å²) in [7, 11) is 0. The molecule has 1 atom stereocenters. The van der Waals surface area contributed by atoms with Crippen molar-refractivity contribution < 1.29 is 9.53 Å². The Balaban J connectivity index is 1.92. The first kappa shape index (κ1) is 12.7. The Morgan fingerprint density at radius 1 is 1.50 bits per heavy atom. The Labute approximate surface area is 109 Å². The zero-order valence-electron chi connectivity index (χ0n) is 9.89. The smallest absolute Gasteiger partial charge is 0.315 e. The summed E-state index contributed by atoms with van der Waals surface area (Å²) in [5.41, 5.74) is 4.55. The second-order valence-corrected chi connectivity index (χ2v) is 4.46. The topological polar surface area (TPSA) is 68.4 Å². The molecule has 1 unspecified atom stereocenters. The predicted molar refractivity (Wildman–Crippen MR) is 70.0 cm³/mol. The summed E-state index contributed by atoms with van der Waals surface area (Å²) in [5.74, 6) is -0.0197. The van der Waals surface area contributed by atoms with Gasteiger partial charge < -0.3 is 15.2 Å². The number of para-hydroxylation sites is 1. The lowest BCUT2D eigenvalue weighted by molar-refractivity contribution is -0.139. The molecule has 7 heteroatoms. The molecule has 0 radical (unpaired) electrons. The summed E-state index contributed by atoms with van der Waals surface area (Å²) in [6.07, 6.45) is 0. The number of anilines is 1. The first-order valence-electron chi connectivity index (χ1n) is 5.53. The average Bonchev–Trinajstić information content (AvgIpc) is 2.86. The van der Waals surface area contributed by atoms with Crippen molar-refractivity contribution in [3.63, 3.8) is 0 Å². The molecule has 2 rings (SSSR count). The molecule has 0 saturated heterocycles. The average molecular weight is 265 g/mol. The Kier molecular flexibility index (Phi) is 4.40. The molecule has 1 aromatic rings. The first-order valence-corrected chi connectivity index (χ1v) is 6.58. The van der Waals surface area contributed by atoms with Crippen LogP contribution in [0.4, 0.5) is 5.69 Å². The molecular formula is C11H13N4O2S-. The summed E-state index contributed by atoms with van der Waals surface area (Å²) in [6, 6.07) is 9.58. The highest BCUT2D eigenvalue weighted by Crippen LogP contribution is 2.32. The summed E-state index contributed by atoms with van der Waals surface area (Å²) in [5, 5.41) is 9.25. The third-order valence-corrected chi connectivity index (χ3v) is 3.17. The minimum atomic E-state index is -0.309. The first-order chi connectivity index (χ1) is 8.81. The molecule has 0 fully saturated rings. The number of thioether (sulfide) groups is 1. The van der Waals surface area contributed by atoms with Gasteiger partial charge >= 0.3 is 5.97 Å². The van der Waals surface area contributed by atoms with Crippen LogP contribution in [0.25, 0.3) is 5.43 Å². The van der Waals surface area contributed by atoms with Gasteiger partial charge in [-0.05, 0) is 19.1 Å². The summed E-state index contributed by atoms with van der Waals surface area (Å²) in [6.45, 7) is 2.17. The normalized spacial score (nSPS) is 17.6. The molecule has 6 nitrogen and oxygen atoms in total. The summed E-state index contributed by atoms with van der Waals surface area (Å²) < 4.78 is 4.86. The molecule has 0 amide bonds. The quantitative estimate of drug-likeness (QED) is 0.768. The second kappa shape index (κ2) is 6.25. The van der Waals surface area contributed by atoms with E-state index >= 15 is 0 Å². The molecule has 0 bridgehead atoms. The zero-order valence-corrected chi connectivity index (χ0v) is 10.7. The molecule has 1 aromatic carbocycles. The van der Waals surface area contributed by atoms with Crippen molar-refractivity contribution in [2.75, 3.05) is 17.4 Å². The Bertz CT molecular complexity index is 426.